The zero-order valence-corrected chi connectivity index (χ0v) is 8.96. The maximum absolute atomic E-state index is 13.3. The molecule has 80 valence electrons. The van der Waals surface area contributed by atoms with Crippen LogP contribution < -0.4 is 10.5 Å². The predicted molar refractivity (Wildman–Crippen MR) is 51.2 cm³/mol. The van der Waals surface area contributed by atoms with E-state index in [1.54, 1.807) is 0 Å². The van der Waals surface area contributed by atoms with E-state index in [0.717, 1.165) is 11.3 Å². The number of alkyl halides is 2. The van der Waals surface area contributed by atoms with Crippen LogP contribution in [0, 0.1) is 0 Å². The van der Waals surface area contributed by atoms with Gasteiger partial charge in [-0.3, -0.25) is 0 Å². The van der Waals surface area contributed by atoms with Crippen molar-refractivity contribution in [2.75, 3.05) is 13.7 Å². The zero-order valence-electron chi connectivity index (χ0n) is 7.39. The van der Waals surface area contributed by atoms with Crippen LogP contribution in [0.25, 0.3) is 0 Å². The lowest BCUT2D eigenvalue weighted by Crippen LogP contribution is -2.17. The van der Waals surface area contributed by atoms with E-state index in [1.165, 1.54) is 7.11 Å². The molecule has 0 aliphatic carbocycles. The number of nitrogens with two attached hydrogens (primary N) is 1. The highest BCUT2D eigenvalue weighted by Crippen LogP contribution is 2.41. The molecule has 0 saturated carbocycles. The lowest BCUT2D eigenvalue weighted by molar-refractivity contribution is -0.00691. The average Bonchev–Trinajstić information content (AvgIpc) is 2.47. The van der Waals surface area contributed by atoms with Crippen molar-refractivity contribution in [2.45, 2.75) is 12.3 Å². The van der Waals surface area contributed by atoms with Crippen LogP contribution >= 0.6 is 22.9 Å². The first-order chi connectivity index (χ1) is 6.51. The summed E-state index contributed by atoms with van der Waals surface area (Å²) < 4.78 is 31.3. The number of halogens is 3. The molecule has 0 atom stereocenters. The summed E-state index contributed by atoms with van der Waals surface area (Å²) in [6.45, 7) is -0.108. The summed E-state index contributed by atoms with van der Waals surface area (Å²) >= 11 is 6.28. The summed E-state index contributed by atoms with van der Waals surface area (Å²) in [5.74, 6) is -3.03. The van der Waals surface area contributed by atoms with Crippen LogP contribution in [-0.2, 0) is 5.92 Å². The van der Waals surface area contributed by atoms with Gasteiger partial charge in [0.1, 0.15) is 4.88 Å². The third kappa shape index (κ3) is 2.31. The second-order valence-corrected chi connectivity index (χ2v) is 3.87. The van der Waals surface area contributed by atoms with Crippen molar-refractivity contribution < 1.29 is 13.5 Å². The molecule has 0 fully saturated rings. The molecule has 0 aliphatic heterocycles. The normalized spacial score (nSPS) is 11.8. The summed E-state index contributed by atoms with van der Waals surface area (Å²) in [5, 5.41) is -0.0907. The monoisotopic (exact) mass is 242 g/mol. The maximum atomic E-state index is 13.3. The van der Waals surface area contributed by atoms with E-state index in [9.17, 15) is 8.78 Å². The topological polar surface area (TPSA) is 48.1 Å². The smallest absolute Gasteiger partial charge is 0.286 e. The predicted octanol–water partition coefficient (Wildman–Crippen LogP) is 2.25. The minimum atomic E-state index is -3.03. The van der Waals surface area contributed by atoms with E-state index in [4.69, 9.17) is 22.1 Å². The van der Waals surface area contributed by atoms with Gasteiger partial charge in [0, 0.05) is 6.42 Å². The first-order valence-electron chi connectivity index (χ1n) is 3.80. The lowest BCUT2D eigenvalue weighted by atomic mass is 10.2. The van der Waals surface area contributed by atoms with Crippen molar-refractivity contribution in [3.63, 3.8) is 0 Å². The van der Waals surface area contributed by atoms with Gasteiger partial charge in [-0.15, -0.1) is 0 Å². The van der Waals surface area contributed by atoms with Crippen molar-refractivity contribution in [3.05, 3.63) is 10.0 Å². The van der Waals surface area contributed by atoms with Gasteiger partial charge in [0.2, 0.25) is 0 Å². The third-order valence-corrected chi connectivity index (χ3v) is 3.05. The molecule has 0 bridgehead atoms. The molecular formula is C7H9ClF2N2OS. The molecular weight excluding hydrogens is 234 g/mol. The molecule has 0 saturated heterocycles. The molecule has 0 spiro atoms. The van der Waals surface area contributed by atoms with E-state index < -0.39 is 12.3 Å². The van der Waals surface area contributed by atoms with E-state index in [1.807, 2.05) is 0 Å². The van der Waals surface area contributed by atoms with Crippen LogP contribution in [0.2, 0.25) is 5.15 Å². The van der Waals surface area contributed by atoms with E-state index in [-0.39, 0.29) is 21.8 Å². The Hall–Kier alpha value is -0.460. The minimum Gasteiger partial charge on any atom is -0.473 e. The highest BCUT2D eigenvalue weighted by Gasteiger charge is 2.36. The van der Waals surface area contributed by atoms with E-state index in [2.05, 4.69) is 4.98 Å². The van der Waals surface area contributed by atoms with Gasteiger partial charge in [-0.1, -0.05) is 22.9 Å². The third-order valence-electron chi connectivity index (χ3n) is 1.53. The molecule has 3 nitrogen and oxygen atoms in total. The van der Waals surface area contributed by atoms with E-state index in [0.29, 0.717) is 0 Å². The molecule has 2 N–H and O–H groups in total. The Bertz CT molecular complexity index is 319. The van der Waals surface area contributed by atoms with Gasteiger partial charge < -0.3 is 10.5 Å². The highest BCUT2D eigenvalue weighted by atomic mass is 35.5. The van der Waals surface area contributed by atoms with Crippen molar-refractivity contribution in [3.8, 4) is 5.19 Å². The Morgan fingerprint density at radius 3 is 2.71 bits per heavy atom. The van der Waals surface area contributed by atoms with Gasteiger partial charge >= 0.3 is 0 Å². The Morgan fingerprint density at radius 1 is 1.64 bits per heavy atom. The first-order valence-corrected chi connectivity index (χ1v) is 4.99. The number of thiazole rings is 1. The molecule has 0 radical (unpaired) electrons. The van der Waals surface area contributed by atoms with Gasteiger partial charge in [-0.25, -0.2) is 8.78 Å². The standard InChI is InChI=1S/C7H9ClF2N2OS/c1-13-6-12-5(8)4(14-6)7(9,10)2-3-11/h2-3,11H2,1H3. The van der Waals surface area contributed by atoms with Crippen LogP contribution in [0.15, 0.2) is 0 Å². The van der Waals surface area contributed by atoms with Gasteiger partial charge in [-0.05, 0) is 6.54 Å². The molecule has 1 aromatic rings. The van der Waals surface area contributed by atoms with Crippen LogP contribution in [0.1, 0.15) is 11.3 Å². The summed E-state index contributed by atoms with van der Waals surface area (Å²) in [4.78, 5) is 3.33. The van der Waals surface area contributed by atoms with Gasteiger partial charge in [0.15, 0.2) is 5.15 Å². The molecule has 14 heavy (non-hydrogen) atoms. The summed E-state index contributed by atoms with van der Waals surface area (Å²) in [6.07, 6.45) is -0.446. The average molecular weight is 243 g/mol. The Kier molecular flexibility index (Phi) is 3.63. The molecule has 7 heteroatoms. The van der Waals surface area contributed by atoms with Crippen molar-refractivity contribution in [1.82, 2.24) is 4.98 Å². The van der Waals surface area contributed by atoms with E-state index >= 15 is 0 Å². The summed E-state index contributed by atoms with van der Waals surface area (Å²) in [7, 11) is 1.35. The highest BCUT2D eigenvalue weighted by molar-refractivity contribution is 7.14. The minimum absolute atomic E-state index is 0.108. The van der Waals surface area contributed by atoms with Gasteiger partial charge in [0.25, 0.3) is 11.1 Å². The molecule has 1 rings (SSSR count). The van der Waals surface area contributed by atoms with Crippen LogP contribution in [-0.4, -0.2) is 18.6 Å². The maximum Gasteiger partial charge on any atom is 0.286 e. The van der Waals surface area contributed by atoms with Crippen LogP contribution in [0.3, 0.4) is 0 Å². The number of hydrogen-bond acceptors (Lipinski definition) is 4. The molecule has 1 heterocycles. The fraction of sp³-hybridized carbons (Fsp3) is 0.571. The number of aromatic nitrogens is 1. The Morgan fingerprint density at radius 2 is 2.29 bits per heavy atom. The quantitative estimate of drug-likeness (QED) is 0.881. The number of ether oxygens (including phenoxy) is 1. The molecule has 0 aliphatic rings. The second kappa shape index (κ2) is 4.37. The summed E-state index contributed by atoms with van der Waals surface area (Å²) in [5.41, 5.74) is 5.07. The largest absolute Gasteiger partial charge is 0.473 e. The molecule has 0 aromatic carbocycles. The van der Waals surface area contributed by atoms with Gasteiger partial charge in [-0.2, -0.15) is 4.98 Å². The van der Waals surface area contributed by atoms with Crippen molar-refractivity contribution in [2.24, 2.45) is 5.73 Å². The Labute approximate surface area is 88.8 Å². The number of methoxy groups -OCH3 is 1. The van der Waals surface area contributed by atoms with Crippen molar-refractivity contribution in [1.29, 1.82) is 0 Å². The fourth-order valence-corrected chi connectivity index (χ4v) is 2.05. The van der Waals surface area contributed by atoms with Gasteiger partial charge in [0.05, 0.1) is 7.11 Å². The molecule has 0 unspecified atom stereocenters. The zero-order chi connectivity index (χ0) is 10.8. The molecule has 1 aromatic heterocycles. The fourth-order valence-electron chi connectivity index (χ4n) is 0.891. The SMILES string of the molecule is COc1nc(Cl)c(C(F)(F)CCN)s1. The number of rotatable bonds is 4. The first kappa shape index (κ1) is 11.6. The number of hydrogen-bond donors (Lipinski definition) is 1. The molecule has 0 amide bonds. The summed E-state index contributed by atoms with van der Waals surface area (Å²) in [6, 6.07) is 0. The van der Waals surface area contributed by atoms with Crippen LogP contribution in [0.5, 0.6) is 5.19 Å². The second-order valence-electron chi connectivity index (χ2n) is 2.55. The number of nitrogens with zero attached hydrogens (tertiary/aromatic N) is 1. The Balaban J connectivity index is 2.98. The van der Waals surface area contributed by atoms with Crippen molar-refractivity contribution >= 4 is 22.9 Å². The lowest BCUT2D eigenvalue weighted by Gasteiger charge is -2.12. The van der Waals surface area contributed by atoms with Crippen LogP contribution in [0.4, 0.5) is 8.78 Å².